The molecule has 3 atom stereocenters. The number of aliphatic hydroxyl groups excluding tert-OH is 1. The Labute approximate surface area is 193 Å². The highest BCUT2D eigenvalue weighted by molar-refractivity contribution is 5.92. The van der Waals surface area contributed by atoms with Crippen LogP contribution in [0.3, 0.4) is 0 Å². The molecule has 0 saturated carbocycles. The van der Waals surface area contributed by atoms with Gasteiger partial charge in [-0.1, -0.05) is 42.5 Å². The van der Waals surface area contributed by atoms with E-state index in [0.717, 1.165) is 32.4 Å². The zero-order valence-electron chi connectivity index (χ0n) is 18.5. The standard InChI is InChI=1S/C25H30N4O4/c30-17-23-21(28-25(32)22-16-26-10-11-27-22)7-6-20(33-23)15-24(31)29-12-8-19(9-13-29)14-18-4-2-1-3-5-18/h1-7,10-11,16,19-21,23,30H,8-9,12-15,17H2,(H,28,32)/t20-,21-,23+/m1/s1. The minimum atomic E-state index is -0.634. The molecule has 2 aromatic rings. The van der Waals surface area contributed by atoms with Crippen molar-refractivity contribution in [3.63, 3.8) is 0 Å². The molecule has 0 spiro atoms. The van der Waals surface area contributed by atoms with Crippen LogP contribution in [0.1, 0.15) is 35.3 Å². The number of hydrogen-bond acceptors (Lipinski definition) is 6. The third-order valence-corrected chi connectivity index (χ3v) is 6.27. The fourth-order valence-electron chi connectivity index (χ4n) is 4.41. The summed E-state index contributed by atoms with van der Waals surface area (Å²) in [5.41, 5.74) is 1.54. The summed E-state index contributed by atoms with van der Waals surface area (Å²) in [5, 5.41) is 12.6. The number of carbonyl (C=O) groups excluding carboxylic acids is 2. The molecule has 2 aliphatic rings. The molecular weight excluding hydrogens is 420 g/mol. The van der Waals surface area contributed by atoms with Crippen LogP contribution in [0.5, 0.6) is 0 Å². The van der Waals surface area contributed by atoms with Crippen molar-refractivity contribution in [2.24, 2.45) is 5.92 Å². The van der Waals surface area contributed by atoms with Gasteiger partial charge < -0.3 is 20.1 Å². The van der Waals surface area contributed by atoms with Crippen LogP contribution in [0.15, 0.2) is 61.1 Å². The van der Waals surface area contributed by atoms with Gasteiger partial charge >= 0.3 is 0 Å². The third kappa shape index (κ3) is 6.24. The monoisotopic (exact) mass is 450 g/mol. The second kappa shape index (κ2) is 11.2. The van der Waals surface area contributed by atoms with Crippen molar-refractivity contribution in [2.75, 3.05) is 19.7 Å². The maximum absolute atomic E-state index is 12.8. The Bertz CT molecular complexity index is 945. The van der Waals surface area contributed by atoms with Gasteiger partial charge in [-0.15, -0.1) is 0 Å². The van der Waals surface area contributed by atoms with Gasteiger partial charge in [-0.25, -0.2) is 4.98 Å². The van der Waals surface area contributed by atoms with Crippen molar-refractivity contribution in [1.29, 1.82) is 0 Å². The van der Waals surface area contributed by atoms with E-state index in [9.17, 15) is 14.7 Å². The molecule has 0 radical (unpaired) electrons. The number of hydrogen-bond donors (Lipinski definition) is 2. The van der Waals surface area contributed by atoms with Crippen molar-refractivity contribution in [3.05, 3.63) is 72.3 Å². The van der Waals surface area contributed by atoms with Gasteiger partial charge in [-0.3, -0.25) is 14.6 Å². The summed E-state index contributed by atoms with van der Waals surface area (Å²) in [4.78, 5) is 34.9. The highest BCUT2D eigenvalue weighted by atomic mass is 16.5. The number of likely N-dealkylation sites (tertiary alicyclic amines) is 1. The molecule has 2 amide bonds. The summed E-state index contributed by atoms with van der Waals surface area (Å²) < 4.78 is 5.91. The number of aromatic nitrogens is 2. The lowest BCUT2D eigenvalue weighted by Gasteiger charge is -2.35. The first kappa shape index (κ1) is 23.1. The number of nitrogens with zero attached hydrogens (tertiary/aromatic N) is 3. The van der Waals surface area contributed by atoms with Crippen LogP contribution in [0.4, 0.5) is 0 Å². The molecule has 1 aromatic carbocycles. The molecular formula is C25H30N4O4. The molecule has 33 heavy (non-hydrogen) atoms. The maximum Gasteiger partial charge on any atom is 0.272 e. The number of amides is 2. The van der Waals surface area contributed by atoms with Crippen LogP contribution in [0.2, 0.25) is 0 Å². The van der Waals surface area contributed by atoms with Crippen LogP contribution in [-0.4, -0.2) is 69.7 Å². The van der Waals surface area contributed by atoms with Gasteiger partial charge in [0.05, 0.1) is 31.4 Å². The number of aliphatic hydroxyl groups is 1. The molecule has 0 unspecified atom stereocenters. The summed E-state index contributed by atoms with van der Waals surface area (Å²) in [6.45, 7) is 1.24. The van der Waals surface area contributed by atoms with Gasteiger partial charge in [0.1, 0.15) is 11.8 Å². The summed E-state index contributed by atoms with van der Waals surface area (Å²) in [5.74, 6) is 0.258. The van der Waals surface area contributed by atoms with Crippen molar-refractivity contribution >= 4 is 11.8 Å². The van der Waals surface area contributed by atoms with Crippen LogP contribution < -0.4 is 5.32 Å². The fraction of sp³-hybridized carbons (Fsp3) is 0.440. The van der Waals surface area contributed by atoms with Crippen LogP contribution in [0.25, 0.3) is 0 Å². The molecule has 8 heteroatoms. The smallest absolute Gasteiger partial charge is 0.272 e. The Kier molecular flexibility index (Phi) is 7.80. The van der Waals surface area contributed by atoms with E-state index in [2.05, 4.69) is 39.6 Å². The molecule has 1 fully saturated rings. The first-order valence-electron chi connectivity index (χ1n) is 11.5. The van der Waals surface area contributed by atoms with E-state index in [1.54, 1.807) is 12.2 Å². The summed E-state index contributed by atoms with van der Waals surface area (Å²) in [6.07, 6.45) is 10.1. The summed E-state index contributed by atoms with van der Waals surface area (Å²) in [7, 11) is 0. The predicted molar refractivity (Wildman–Crippen MR) is 122 cm³/mol. The van der Waals surface area contributed by atoms with Gasteiger partial charge in [0.15, 0.2) is 0 Å². The lowest BCUT2D eigenvalue weighted by atomic mass is 9.90. The molecule has 4 rings (SSSR count). The molecule has 0 bridgehead atoms. The van der Waals surface area contributed by atoms with Crippen molar-refractivity contribution in [2.45, 2.75) is 43.9 Å². The lowest BCUT2D eigenvalue weighted by molar-refractivity contribution is -0.136. The topological polar surface area (TPSA) is 105 Å². The highest BCUT2D eigenvalue weighted by Gasteiger charge is 2.31. The van der Waals surface area contributed by atoms with E-state index in [4.69, 9.17) is 4.74 Å². The average molecular weight is 451 g/mol. The molecule has 0 aliphatic carbocycles. The van der Waals surface area contributed by atoms with Gasteiger partial charge in [0, 0.05) is 25.5 Å². The summed E-state index contributed by atoms with van der Waals surface area (Å²) in [6, 6.07) is 9.97. The van der Waals surface area contributed by atoms with Crippen LogP contribution in [0, 0.1) is 5.92 Å². The Morgan fingerprint density at radius 3 is 2.61 bits per heavy atom. The van der Waals surface area contributed by atoms with Crippen LogP contribution >= 0.6 is 0 Å². The van der Waals surface area contributed by atoms with Crippen molar-refractivity contribution in [3.8, 4) is 0 Å². The highest BCUT2D eigenvalue weighted by Crippen LogP contribution is 2.23. The van der Waals surface area contributed by atoms with E-state index < -0.39 is 24.2 Å². The van der Waals surface area contributed by atoms with E-state index in [0.29, 0.717) is 5.92 Å². The Hall–Kier alpha value is -3.10. The Morgan fingerprint density at radius 1 is 1.12 bits per heavy atom. The van der Waals surface area contributed by atoms with E-state index >= 15 is 0 Å². The maximum atomic E-state index is 12.8. The molecule has 174 valence electrons. The van der Waals surface area contributed by atoms with Gasteiger partial charge in [0.2, 0.25) is 5.91 Å². The van der Waals surface area contributed by atoms with Crippen molar-refractivity contribution in [1.82, 2.24) is 20.2 Å². The number of benzene rings is 1. The normalized spacial score (nSPS) is 23.3. The van der Waals surface area contributed by atoms with E-state index in [1.165, 1.54) is 24.2 Å². The van der Waals surface area contributed by atoms with Gasteiger partial charge in [-0.2, -0.15) is 0 Å². The summed E-state index contributed by atoms with van der Waals surface area (Å²) >= 11 is 0. The number of piperidine rings is 1. The Morgan fingerprint density at radius 2 is 1.91 bits per heavy atom. The second-order valence-corrected chi connectivity index (χ2v) is 8.59. The van der Waals surface area contributed by atoms with Gasteiger partial charge in [-0.05, 0) is 30.7 Å². The predicted octanol–water partition coefficient (Wildman–Crippen LogP) is 1.76. The number of ether oxygens (including phenoxy) is 1. The number of carbonyl (C=O) groups is 2. The number of nitrogens with one attached hydrogen (secondary N) is 1. The van der Waals surface area contributed by atoms with Gasteiger partial charge in [0.25, 0.3) is 5.91 Å². The number of rotatable bonds is 7. The second-order valence-electron chi connectivity index (χ2n) is 8.59. The Balaban J connectivity index is 1.26. The lowest BCUT2D eigenvalue weighted by Crippen LogP contribution is -2.49. The minimum absolute atomic E-state index is 0.0570. The zero-order valence-corrected chi connectivity index (χ0v) is 18.5. The van der Waals surface area contributed by atoms with E-state index in [1.807, 2.05) is 11.0 Å². The first-order chi connectivity index (χ1) is 16.1. The van der Waals surface area contributed by atoms with E-state index in [-0.39, 0.29) is 24.6 Å². The third-order valence-electron chi connectivity index (χ3n) is 6.27. The zero-order chi connectivity index (χ0) is 23.0. The molecule has 1 saturated heterocycles. The quantitative estimate of drug-likeness (QED) is 0.623. The first-order valence-corrected chi connectivity index (χ1v) is 11.5. The average Bonchev–Trinajstić information content (AvgIpc) is 2.86. The molecule has 2 N–H and O–H groups in total. The molecule has 3 heterocycles. The SMILES string of the molecule is O=C(N[C@@H]1C=C[C@H](CC(=O)N2CCC(Cc3ccccc3)CC2)O[C@H]1CO)c1cnccn1. The molecule has 2 aliphatic heterocycles. The fourth-order valence-corrected chi connectivity index (χ4v) is 4.41. The largest absolute Gasteiger partial charge is 0.394 e. The molecule has 8 nitrogen and oxygen atoms in total. The van der Waals surface area contributed by atoms with Crippen molar-refractivity contribution < 1.29 is 19.4 Å². The van der Waals surface area contributed by atoms with Crippen LogP contribution in [-0.2, 0) is 16.0 Å². The molecule has 1 aromatic heterocycles. The minimum Gasteiger partial charge on any atom is -0.394 e.